The molecular weight excluding hydrogens is 319 g/mol. The van der Waals surface area contributed by atoms with Crippen LogP contribution < -0.4 is 9.47 Å². The van der Waals surface area contributed by atoms with Crippen molar-refractivity contribution in [2.45, 2.75) is 20.8 Å². The first-order valence-electron chi connectivity index (χ1n) is 5.45. The molecule has 0 aromatic heterocycles. The first-order chi connectivity index (χ1) is 8.72. The van der Waals surface area contributed by atoms with Crippen LogP contribution in [-0.2, 0) is 4.79 Å². The Kier molecular flexibility index (Phi) is 4.68. The highest BCUT2D eigenvalue weighted by Gasteiger charge is 2.28. The van der Waals surface area contributed by atoms with E-state index < -0.39 is 17.2 Å². The van der Waals surface area contributed by atoms with E-state index in [1.807, 2.05) is 0 Å². The zero-order valence-electron chi connectivity index (χ0n) is 11.0. The predicted octanol–water partition coefficient (Wildman–Crippen LogP) is 3.36. The number of esters is 1. The second-order valence-electron chi connectivity index (χ2n) is 4.88. The van der Waals surface area contributed by atoms with Crippen molar-refractivity contribution in [2.24, 2.45) is 5.41 Å². The van der Waals surface area contributed by atoms with Crippen LogP contribution in [0.1, 0.15) is 31.1 Å². The van der Waals surface area contributed by atoms with Crippen molar-refractivity contribution < 1.29 is 23.5 Å². The summed E-state index contributed by atoms with van der Waals surface area (Å²) >= 11 is 2.94. The molecule has 0 saturated carbocycles. The molecule has 4 nitrogen and oxygen atoms in total. The van der Waals surface area contributed by atoms with Crippen LogP contribution in [0, 0.1) is 11.2 Å². The number of rotatable bonds is 3. The Bertz CT molecular complexity index is 520. The van der Waals surface area contributed by atoms with Crippen LogP contribution in [-0.4, -0.2) is 19.4 Å². The van der Waals surface area contributed by atoms with Gasteiger partial charge in [-0.3, -0.25) is 9.59 Å². The molecular formula is C13H14BrFO4. The number of halogens is 2. The summed E-state index contributed by atoms with van der Waals surface area (Å²) in [6.07, 6.45) is 0.477. The molecule has 0 fully saturated rings. The smallest absolute Gasteiger partial charge is 0.316 e. The molecule has 0 saturated heterocycles. The van der Waals surface area contributed by atoms with Gasteiger partial charge >= 0.3 is 5.97 Å². The van der Waals surface area contributed by atoms with Gasteiger partial charge in [-0.15, -0.1) is 0 Å². The number of carbonyl (C=O) groups excluding carboxylic acids is 2. The molecule has 0 spiro atoms. The standard InChI is InChI=1S/C13H14BrFO4/c1-13(2,3)12(17)19-11-8(18-4)5-7(6-16)9(14)10(11)15/h5-6H,1-4H3. The lowest BCUT2D eigenvalue weighted by molar-refractivity contribution is -0.143. The van der Waals surface area contributed by atoms with Gasteiger partial charge in [-0.05, 0) is 42.8 Å². The summed E-state index contributed by atoms with van der Waals surface area (Å²) in [4.78, 5) is 22.6. The predicted molar refractivity (Wildman–Crippen MR) is 71.1 cm³/mol. The number of hydrogen-bond donors (Lipinski definition) is 0. The first kappa shape index (κ1) is 15.6. The van der Waals surface area contributed by atoms with Gasteiger partial charge < -0.3 is 9.47 Å². The second kappa shape index (κ2) is 5.69. The minimum absolute atomic E-state index is 0.0135. The molecule has 19 heavy (non-hydrogen) atoms. The number of hydrogen-bond acceptors (Lipinski definition) is 4. The average Bonchev–Trinajstić information content (AvgIpc) is 2.34. The van der Waals surface area contributed by atoms with E-state index in [1.54, 1.807) is 20.8 Å². The van der Waals surface area contributed by atoms with Crippen LogP contribution in [0.2, 0.25) is 0 Å². The topological polar surface area (TPSA) is 52.6 Å². The Morgan fingerprint density at radius 2 is 2.00 bits per heavy atom. The fraction of sp³-hybridized carbons (Fsp3) is 0.385. The highest BCUT2D eigenvalue weighted by Crippen LogP contribution is 2.38. The highest BCUT2D eigenvalue weighted by molar-refractivity contribution is 9.10. The average molecular weight is 333 g/mol. The molecule has 6 heteroatoms. The lowest BCUT2D eigenvalue weighted by Gasteiger charge is -2.18. The molecule has 0 heterocycles. The largest absolute Gasteiger partial charge is 0.493 e. The van der Waals surface area contributed by atoms with E-state index in [1.165, 1.54) is 13.2 Å². The van der Waals surface area contributed by atoms with Gasteiger partial charge in [0.05, 0.1) is 17.0 Å². The van der Waals surface area contributed by atoms with E-state index in [0.29, 0.717) is 6.29 Å². The second-order valence-corrected chi connectivity index (χ2v) is 5.68. The third kappa shape index (κ3) is 3.32. The minimum Gasteiger partial charge on any atom is -0.493 e. The first-order valence-corrected chi connectivity index (χ1v) is 6.25. The molecule has 0 N–H and O–H groups in total. The van der Waals surface area contributed by atoms with Gasteiger partial charge in [0.1, 0.15) is 0 Å². The number of benzene rings is 1. The minimum atomic E-state index is -0.848. The molecule has 0 amide bonds. The molecule has 0 aliphatic rings. The summed E-state index contributed by atoms with van der Waals surface area (Å²) in [5.74, 6) is -1.80. The summed E-state index contributed by atoms with van der Waals surface area (Å²) in [6, 6.07) is 1.30. The van der Waals surface area contributed by atoms with Gasteiger partial charge in [0.2, 0.25) is 5.75 Å². The van der Waals surface area contributed by atoms with E-state index in [9.17, 15) is 14.0 Å². The Morgan fingerprint density at radius 3 is 2.42 bits per heavy atom. The van der Waals surface area contributed by atoms with E-state index in [2.05, 4.69) is 15.9 Å². The van der Waals surface area contributed by atoms with Gasteiger partial charge in [-0.25, -0.2) is 4.39 Å². The van der Waals surface area contributed by atoms with Crippen LogP contribution in [0.5, 0.6) is 11.5 Å². The van der Waals surface area contributed by atoms with E-state index in [-0.39, 0.29) is 21.5 Å². The monoisotopic (exact) mass is 332 g/mol. The molecule has 0 unspecified atom stereocenters. The highest BCUT2D eigenvalue weighted by atomic mass is 79.9. The van der Waals surface area contributed by atoms with Crippen LogP contribution in [0.4, 0.5) is 4.39 Å². The lowest BCUT2D eigenvalue weighted by Crippen LogP contribution is -2.26. The van der Waals surface area contributed by atoms with E-state index >= 15 is 0 Å². The van der Waals surface area contributed by atoms with Crippen molar-refractivity contribution in [3.63, 3.8) is 0 Å². The van der Waals surface area contributed by atoms with Crippen molar-refractivity contribution in [3.05, 3.63) is 21.9 Å². The maximum Gasteiger partial charge on any atom is 0.316 e. The van der Waals surface area contributed by atoms with Gasteiger partial charge in [0.25, 0.3) is 0 Å². The third-order valence-corrected chi connectivity index (χ3v) is 3.12. The van der Waals surface area contributed by atoms with Crippen molar-refractivity contribution in [1.29, 1.82) is 0 Å². The summed E-state index contributed by atoms with van der Waals surface area (Å²) in [5, 5.41) is 0. The zero-order valence-corrected chi connectivity index (χ0v) is 12.6. The van der Waals surface area contributed by atoms with E-state index in [0.717, 1.165) is 0 Å². The Morgan fingerprint density at radius 1 is 1.42 bits per heavy atom. The number of ether oxygens (including phenoxy) is 2. The molecule has 104 valence electrons. The van der Waals surface area contributed by atoms with Gasteiger partial charge in [-0.1, -0.05) is 0 Å². The maximum absolute atomic E-state index is 14.1. The third-order valence-electron chi connectivity index (χ3n) is 2.31. The lowest BCUT2D eigenvalue weighted by atomic mass is 9.97. The van der Waals surface area contributed by atoms with Gasteiger partial charge in [-0.2, -0.15) is 0 Å². The molecule has 1 rings (SSSR count). The molecule has 0 aliphatic heterocycles. The summed E-state index contributed by atoms with van der Waals surface area (Å²) in [7, 11) is 1.30. The molecule has 0 radical (unpaired) electrons. The summed E-state index contributed by atoms with van der Waals surface area (Å²) in [6.45, 7) is 4.94. The molecule has 0 atom stereocenters. The number of methoxy groups -OCH3 is 1. The fourth-order valence-corrected chi connectivity index (χ4v) is 1.57. The van der Waals surface area contributed by atoms with E-state index in [4.69, 9.17) is 9.47 Å². The Labute approximate surface area is 119 Å². The fourth-order valence-electron chi connectivity index (χ4n) is 1.18. The van der Waals surface area contributed by atoms with Crippen molar-refractivity contribution in [2.75, 3.05) is 7.11 Å². The van der Waals surface area contributed by atoms with Crippen LogP contribution in [0.3, 0.4) is 0 Å². The molecule has 0 aliphatic carbocycles. The van der Waals surface area contributed by atoms with Gasteiger partial charge in [0, 0.05) is 5.56 Å². The molecule has 0 bridgehead atoms. The Hall–Kier alpha value is -1.43. The van der Waals surface area contributed by atoms with Gasteiger partial charge in [0.15, 0.2) is 17.9 Å². The SMILES string of the molecule is COc1cc(C=O)c(Br)c(F)c1OC(=O)C(C)(C)C. The zero-order chi connectivity index (χ0) is 14.8. The normalized spacial score (nSPS) is 11.1. The number of aldehydes is 1. The summed E-state index contributed by atoms with van der Waals surface area (Å²) < 4.78 is 24.0. The van der Waals surface area contributed by atoms with Crippen LogP contribution >= 0.6 is 15.9 Å². The van der Waals surface area contributed by atoms with Crippen LogP contribution in [0.25, 0.3) is 0 Å². The van der Waals surface area contributed by atoms with Crippen molar-refractivity contribution >= 4 is 28.2 Å². The summed E-state index contributed by atoms with van der Waals surface area (Å²) in [5.41, 5.74) is -0.710. The molecule has 1 aromatic carbocycles. The van der Waals surface area contributed by atoms with Crippen molar-refractivity contribution in [1.82, 2.24) is 0 Å². The maximum atomic E-state index is 14.1. The number of carbonyl (C=O) groups is 2. The quantitative estimate of drug-likeness (QED) is 0.484. The van der Waals surface area contributed by atoms with Crippen LogP contribution in [0.15, 0.2) is 10.5 Å². The Balaban J connectivity index is 3.31. The van der Waals surface area contributed by atoms with Crippen molar-refractivity contribution in [3.8, 4) is 11.5 Å². The molecule has 1 aromatic rings.